The molecule has 7 heteroatoms. The molecule has 0 saturated heterocycles. The van der Waals surface area contributed by atoms with E-state index in [2.05, 4.69) is 20.2 Å². The Kier molecular flexibility index (Phi) is 5.21. The number of anilines is 3. The second-order valence-electron chi connectivity index (χ2n) is 5.26. The molecule has 0 bridgehead atoms. The summed E-state index contributed by atoms with van der Waals surface area (Å²) in [6.45, 7) is 0.938. The Bertz CT molecular complexity index is 646. The zero-order valence-corrected chi connectivity index (χ0v) is 12.6. The van der Waals surface area contributed by atoms with Gasteiger partial charge >= 0.3 is 0 Å². The third-order valence-corrected chi connectivity index (χ3v) is 3.12. The first-order valence-corrected chi connectivity index (χ1v) is 6.94. The van der Waals surface area contributed by atoms with E-state index >= 15 is 0 Å². The van der Waals surface area contributed by atoms with Gasteiger partial charge < -0.3 is 16.0 Å². The van der Waals surface area contributed by atoms with E-state index < -0.39 is 11.6 Å². The van der Waals surface area contributed by atoms with Crippen LogP contribution in [0.15, 0.2) is 24.4 Å². The van der Waals surface area contributed by atoms with E-state index in [1.807, 2.05) is 14.1 Å². The number of halogens is 2. The fraction of sp³-hybridized carbons (Fsp3) is 0.333. The summed E-state index contributed by atoms with van der Waals surface area (Å²) < 4.78 is 26.7. The molecule has 2 rings (SSSR count). The summed E-state index contributed by atoms with van der Waals surface area (Å²) in [5, 5.41) is 2.63. The minimum atomic E-state index is -0.585. The lowest BCUT2D eigenvalue weighted by molar-refractivity contribution is 0.400. The Morgan fingerprint density at radius 1 is 1.27 bits per heavy atom. The van der Waals surface area contributed by atoms with Crippen molar-refractivity contribution in [1.29, 1.82) is 0 Å². The molecule has 0 radical (unpaired) electrons. The van der Waals surface area contributed by atoms with Crippen molar-refractivity contribution in [2.45, 2.75) is 12.8 Å². The first-order chi connectivity index (χ1) is 10.5. The van der Waals surface area contributed by atoms with Crippen LogP contribution in [0.4, 0.5) is 26.2 Å². The van der Waals surface area contributed by atoms with Gasteiger partial charge in [-0.25, -0.2) is 13.8 Å². The number of nitrogens with one attached hydrogen (secondary N) is 1. The molecule has 0 saturated carbocycles. The monoisotopic (exact) mass is 307 g/mol. The summed E-state index contributed by atoms with van der Waals surface area (Å²) in [6, 6.07) is 3.13. The SMILES string of the molecule is CN(C)CCCc1cnc(Nc2cc(F)ccc2F)nc1N. The molecule has 1 aromatic heterocycles. The largest absolute Gasteiger partial charge is 0.383 e. The second-order valence-corrected chi connectivity index (χ2v) is 5.26. The smallest absolute Gasteiger partial charge is 0.229 e. The molecule has 0 atom stereocenters. The van der Waals surface area contributed by atoms with Crippen molar-refractivity contribution in [2.24, 2.45) is 0 Å². The van der Waals surface area contributed by atoms with Crippen molar-refractivity contribution in [3.8, 4) is 0 Å². The van der Waals surface area contributed by atoms with E-state index in [9.17, 15) is 8.78 Å². The highest BCUT2D eigenvalue weighted by atomic mass is 19.1. The minimum absolute atomic E-state index is 0.0280. The Balaban J connectivity index is 2.07. The number of nitrogens with two attached hydrogens (primary N) is 1. The van der Waals surface area contributed by atoms with Crippen LogP contribution in [0.2, 0.25) is 0 Å². The highest BCUT2D eigenvalue weighted by Crippen LogP contribution is 2.20. The van der Waals surface area contributed by atoms with Gasteiger partial charge in [-0.1, -0.05) is 0 Å². The molecule has 0 unspecified atom stereocenters. The molecule has 0 amide bonds. The fourth-order valence-electron chi connectivity index (χ4n) is 1.97. The molecule has 5 nitrogen and oxygen atoms in total. The molecule has 1 aromatic carbocycles. The first-order valence-electron chi connectivity index (χ1n) is 6.94. The maximum atomic E-state index is 13.6. The van der Waals surface area contributed by atoms with Gasteiger partial charge in [-0.05, 0) is 45.6 Å². The molecule has 0 aliphatic heterocycles. The Labute approximate surface area is 128 Å². The van der Waals surface area contributed by atoms with Gasteiger partial charge in [-0.15, -0.1) is 0 Å². The summed E-state index contributed by atoms with van der Waals surface area (Å²) in [6.07, 6.45) is 3.31. The Hall–Kier alpha value is -2.28. The predicted molar refractivity (Wildman–Crippen MR) is 83.0 cm³/mol. The third kappa shape index (κ3) is 4.36. The van der Waals surface area contributed by atoms with Crippen LogP contribution in [-0.2, 0) is 6.42 Å². The van der Waals surface area contributed by atoms with Crippen LogP contribution in [0.25, 0.3) is 0 Å². The molecule has 2 aromatic rings. The third-order valence-electron chi connectivity index (χ3n) is 3.12. The van der Waals surface area contributed by atoms with Crippen molar-refractivity contribution < 1.29 is 8.78 Å². The van der Waals surface area contributed by atoms with Crippen molar-refractivity contribution in [3.05, 3.63) is 41.6 Å². The first kappa shape index (κ1) is 16.1. The number of benzene rings is 1. The molecule has 22 heavy (non-hydrogen) atoms. The maximum Gasteiger partial charge on any atom is 0.229 e. The van der Waals surface area contributed by atoms with E-state index in [1.54, 1.807) is 6.20 Å². The van der Waals surface area contributed by atoms with Crippen LogP contribution < -0.4 is 11.1 Å². The summed E-state index contributed by atoms with van der Waals surface area (Å²) in [5.41, 5.74) is 6.70. The molecule has 0 aliphatic rings. The van der Waals surface area contributed by atoms with E-state index in [4.69, 9.17) is 5.73 Å². The van der Waals surface area contributed by atoms with E-state index in [1.165, 1.54) is 0 Å². The van der Waals surface area contributed by atoms with E-state index in [0.29, 0.717) is 5.82 Å². The summed E-state index contributed by atoms with van der Waals surface area (Å²) in [7, 11) is 4.00. The summed E-state index contributed by atoms with van der Waals surface area (Å²) in [5.74, 6) is -0.651. The number of nitrogen functional groups attached to an aromatic ring is 1. The van der Waals surface area contributed by atoms with Gasteiger partial charge in [0, 0.05) is 17.8 Å². The standard InChI is InChI=1S/C15H19F2N5/c1-22(2)7-3-4-10-9-19-15(21-14(10)18)20-13-8-11(16)5-6-12(13)17/h5-6,8-9H,3-4,7H2,1-2H3,(H3,18,19,20,21). The lowest BCUT2D eigenvalue weighted by atomic mass is 10.1. The highest BCUT2D eigenvalue weighted by Gasteiger charge is 2.08. The van der Waals surface area contributed by atoms with Crippen molar-refractivity contribution >= 4 is 17.5 Å². The molecular weight excluding hydrogens is 288 g/mol. The normalized spacial score (nSPS) is 11.0. The van der Waals surface area contributed by atoms with Crippen LogP contribution in [-0.4, -0.2) is 35.5 Å². The number of nitrogens with zero attached hydrogens (tertiary/aromatic N) is 3. The van der Waals surface area contributed by atoms with Crippen LogP contribution in [0.5, 0.6) is 0 Å². The lowest BCUT2D eigenvalue weighted by Crippen LogP contribution is -2.14. The molecule has 0 spiro atoms. The zero-order valence-electron chi connectivity index (χ0n) is 12.6. The summed E-state index contributed by atoms with van der Waals surface area (Å²) in [4.78, 5) is 10.3. The molecule has 118 valence electrons. The summed E-state index contributed by atoms with van der Waals surface area (Å²) >= 11 is 0. The van der Waals surface area contributed by atoms with E-state index in [0.717, 1.165) is 43.1 Å². The number of rotatable bonds is 6. The van der Waals surface area contributed by atoms with Crippen LogP contribution in [0.1, 0.15) is 12.0 Å². The van der Waals surface area contributed by atoms with Crippen LogP contribution in [0, 0.1) is 11.6 Å². The molecule has 0 fully saturated rings. The van der Waals surface area contributed by atoms with Crippen molar-refractivity contribution in [3.63, 3.8) is 0 Å². The Morgan fingerprint density at radius 2 is 2.05 bits per heavy atom. The van der Waals surface area contributed by atoms with Gasteiger partial charge in [0.1, 0.15) is 17.5 Å². The average Bonchev–Trinajstić information content (AvgIpc) is 2.45. The molecular formula is C15H19F2N5. The number of hydrogen-bond acceptors (Lipinski definition) is 5. The van der Waals surface area contributed by atoms with Crippen molar-refractivity contribution in [2.75, 3.05) is 31.7 Å². The molecule has 1 heterocycles. The van der Waals surface area contributed by atoms with Crippen molar-refractivity contribution in [1.82, 2.24) is 14.9 Å². The number of aromatic nitrogens is 2. The van der Waals surface area contributed by atoms with Gasteiger partial charge in [0.15, 0.2) is 0 Å². The molecule has 3 N–H and O–H groups in total. The fourth-order valence-corrected chi connectivity index (χ4v) is 1.97. The maximum absolute atomic E-state index is 13.6. The predicted octanol–water partition coefficient (Wildman–Crippen LogP) is 2.57. The molecule has 0 aliphatic carbocycles. The van der Waals surface area contributed by atoms with Crippen LogP contribution in [0.3, 0.4) is 0 Å². The van der Waals surface area contributed by atoms with Gasteiger partial charge in [0.05, 0.1) is 5.69 Å². The second kappa shape index (κ2) is 7.13. The van der Waals surface area contributed by atoms with E-state index in [-0.39, 0.29) is 11.6 Å². The Morgan fingerprint density at radius 3 is 2.73 bits per heavy atom. The quantitative estimate of drug-likeness (QED) is 0.858. The lowest BCUT2D eigenvalue weighted by Gasteiger charge is -2.11. The average molecular weight is 307 g/mol. The zero-order chi connectivity index (χ0) is 16.1. The minimum Gasteiger partial charge on any atom is -0.383 e. The van der Waals surface area contributed by atoms with Gasteiger partial charge in [-0.2, -0.15) is 4.98 Å². The van der Waals surface area contributed by atoms with Gasteiger partial charge in [0.2, 0.25) is 5.95 Å². The van der Waals surface area contributed by atoms with Gasteiger partial charge in [-0.3, -0.25) is 0 Å². The van der Waals surface area contributed by atoms with Crippen LogP contribution >= 0.6 is 0 Å². The topological polar surface area (TPSA) is 67.1 Å². The van der Waals surface area contributed by atoms with Gasteiger partial charge in [0.25, 0.3) is 0 Å². The number of hydrogen-bond donors (Lipinski definition) is 2. The number of aryl methyl sites for hydroxylation is 1. The highest BCUT2D eigenvalue weighted by molar-refractivity contribution is 5.56.